The van der Waals surface area contributed by atoms with Crippen molar-refractivity contribution < 1.29 is 44.3 Å². The van der Waals surface area contributed by atoms with E-state index in [0.717, 1.165) is 16.3 Å². The van der Waals surface area contributed by atoms with Crippen molar-refractivity contribution in [1.82, 2.24) is 4.31 Å². The molecule has 0 spiro atoms. The Bertz CT molecular complexity index is 952. The lowest BCUT2D eigenvalue weighted by molar-refractivity contribution is -0.138. The second-order valence-electron chi connectivity index (χ2n) is 8.19. The van der Waals surface area contributed by atoms with E-state index in [2.05, 4.69) is 0 Å². The molecule has 1 atom stereocenters. The molecule has 1 unspecified atom stereocenters. The summed E-state index contributed by atoms with van der Waals surface area (Å²) in [6, 6.07) is -1.23. The van der Waals surface area contributed by atoms with Gasteiger partial charge in [0.1, 0.15) is 10.6 Å². The molecule has 1 fully saturated rings. The van der Waals surface area contributed by atoms with Crippen LogP contribution < -0.4 is 4.90 Å². The minimum atomic E-state index is -5.03. The normalized spacial score (nSPS) is 24.4. The molecule has 1 aromatic carbocycles. The maximum atomic E-state index is 13.5. The van der Waals surface area contributed by atoms with Gasteiger partial charge in [-0.2, -0.15) is 17.5 Å². The van der Waals surface area contributed by atoms with Gasteiger partial charge in [-0.05, 0) is 19.4 Å². The lowest BCUT2D eigenvalue weighted by Gasteiger charge is -2.44. The van der Waals surface area contributed by atoms with Crippen LogP contribution in [-0.4, -0.2) is 55.4 Å². The zero-order valence-corrected chi connectivity index (χ0v) is 17.4. The standard InChI is InChI=1S/C18H21F7N2O3S/c1-16(19,20)4-3-10-9-27(11-7-17(21,22)8-11)13-5-12(18(23,24)25)14(28)6-15(13)31(29,30)26(10)2/h5-6,10-11,28H,3-4,7-9H2,1-2H3. The number of hydrogen-bond donors (Lipinski definition) is 1. The highest BCUT2D eigenvalue weighted by molar-refractivity contribution is 7.89. The van der Waals surface area contributed by atoms with Gasteiger partial charge in [-0.25, -0.2) is 26.0 Å². The lowest BCUT2D eigenvalue weighted by atomic mass is 9.86. The molecular formula is C18H21F7N2O3S. The van der Waals surface area contributed by atoms with Gasteiger partial charge < -0.3 is 10.0 Å². The van der Waals surface area contributed by atoms with Gasteiger partial charge in [0, 0.05) is 51.0 Å². The molecule has 0 aromatic heterocycles. The van der Waals surface area contributed by atoms with E-state index in [1.807, 2.05) is 0 Å². The molecule has 1 N–H and O–H groups in total. The third kappa shape index (κ3) is 4.71. The number of phenols is 1. The molecule has 0 amide bonds. The maximum absolute atomic E-state index is 13.5. The van der Waals surface area contributed by atoms with E-state index in [9.17, 15) is 44.3 Å². The molecule has 0 saturated heterocycles. The van der Waals surface area contributed by atoms with Gasteiger partial charge >= 0.3 is 6.18 Å². The fourth-order valence-electron chi connectivity index (χ4n) is 3.90. The van der Waals surface area contributed by atoms with Crippen LogP contribution in [0.3, 0.4) is 0 Å². The summed E-state index contributed by atoms with van der Waals surface area (Å²) in [5.41, 5.74) is -2.00. The molecule has 5 nitrogen and oxygen atoms in total. The lowest BCUT2D eigenvalue weighted by Crippen LogP contribution is -2.54. The van der Waals surface area contributed by atoms with Crippen molar-refractivity contribution >= 4 is 15.7 Å². The summed E-state index contributed by atoms with van der Waals surface area (Å²) >= 11 is 0. The minimum Gasteiger partial charge on any atom is -0.507 e. The molecule has 1 aliphatic heterocycles. The largest absolute Gasteiger partial charge is 0.507 e. The Morgan fingerprint density at radius 3 is 2.23 bits per heavy atom. The fraction of sp³-hybridized carbons (Fsp3) is 0.667. The number of anilines is 1. The summed E-state index contributed by atoms with van der Waals surface area (Å²) in [5, 5.41) is 9.83. The van der Waals surface area contributed by atoms with Gasteiger partial charge in [0.15, 0.2) is 0 Å². The van der Waals surface area contributed by atoms with Gasteiger partial charge in [-0.15, -0.1) is 0 Å². The molecule has 1 saturated carbocycles. The van der Waals surface area contributed by atoms with E-state index in [-0.39, 0.29) is 13.0 Å². The third-order valence-corrected chi connectivity index (χ3v) is 7.64. The molecule has 1 aliphatic carbocycles. The smallest absolute Gasteiger partial charge is 0.420 e. The highest BCUT2D eigenvalue weighted by atomic mass is 32.2. The Morgan fingerprint density at radius 2 is 1.74 bits per heavy atom. The Labute approximate surface area is 174 Å². The quantitative estimate of drug-likeness (QED) is 0.650. The number of aromatic hydroxyl groups is 1. The van der Waals surface area contributed by atoms with E-state index >= 15 is 0 Å². The highest BCUT2D eigenvalue weighted by Gasteiger charge is 2.51. The van der Waals surface area contributed by atoms with Crippen LogP contribution in [0.4, 0.5) is 36.4 Å². The molecule has 1 aromatic rings. The first-order chi connectivity index (χ1) is 13.9. The second-order valence-corrected chi connectivity index (χ2v) is 10.2. The van der Waals surface area contributed by atoms with Crippen LogP contribution in [0.5, 0.6) is 5.75 Å². The highest BCUT2D eigenvalue weighted by Crippen LogP contribution is 2.48. The monoisotopic (exact) mass is 478 g/mol. The molecule has 2 aliphatic rings. The summed E-state index contributed by atoms with van der Waals surface area (Å²) in [7, 11) is -3.42. The van der Waals surface area contributed by atoms with E-state index in [4.69, 9.17) is 0 Å². The molecule has 0 bridgehead atoms. The zero-order chi connectivity index (χ0) is 23.6. The van der Waals surface area contributed by atoms with Crippen molar-refractivity contribution in [3.8, 4) is 5.75 Å². The predicted molar refractivity (Wildman–Crippen MR) is 97.0 cm³/mol. The SMILES string of the molecule is CN1C(CCC(C)(F)F)CN(C2CC(F)(F)C2)c2cc(C(F)(F)F)c(O)cc2S1(=O)=O. The average molecular weight is 478 g/mol. The van der Waals surface area contributed by atoms with E-state index in [1.54, 1.807) is 0 Å². The molecule has 176 valence electrons. The van der Waals surface area contributed by atoms with Crippen LogP contribution in [0.25, 0.3) is 0 Å². The topological polar surface area (TPSA) is 60.9 Å². The summed E-state index contributed by atoms with van der Waals surface area (Å²) in [6.45, 7) is 0.298. The van der Waals surface area contributed by atoms with Crippen molar-refractivity contribution in [3.63, 3.8) is 0 Å². The Balaban J connectivity index is 2.14. The van der Waals surface area contributed by atoms with Gasteiger partial charge in [0.2, 0.25) is 15.9 Å². The first-order valence-electron chi connectivity index (χ1n) is 9.37. The summed E-state index contributed by atoms with van der Waals surface area (Å²) in [5.74, 6) is -7.52. The fourth-order valence-corrected chi connectivity index (χ4v) is 5.47. The van der Waals surface area contributed by atoms with Crippen LogP contribution in [0.15, 0.2) is 17.0 Å². The number of fused-ring (bicyclic) bond motifs is 1. The first-order valence-corrected chi connectivity index (χ1v) is 10.8. The zero-order valence-electron chi connectivity index (χ0n) is 16.6. The number of benzene rings is 1. The van der Waals surface area contributed by atoms with Crippen LogP contribution in [0.2, 0.25) is 0 Å². The predicted octanol–water partition coefficient (Wildman–Crippen LogP) is 4.45. The second kappa shape index (κ2) is 7.39. The minimum absolute atomic E-state index is 0.342. The summed E-state index contributed by atoms with van der Waals surface area (Å²) in [6.07, 6.45) is -7.50. The van der Waals surface area contributed by atoms with Gasteiger partial charge in [0.05, 0.1) is 11.3 Å². The van der Waals surface area contributed by atoms with Crippen molar-refractivity contribution in [2.45, 2.75) is 67.6 Å². The number of likely N-dealkylation sites (N-methyl/N-ethyl adjacent to an activating group) is 1. The molecule has 1 heterocycles. The van der Waals surface area contributed by atoms with E-state index in [0.29, 0.717) is 19.1 Å². The van der Waals surface area contributed by atoms with Gasteiger partial charge in [-0.3, -0.25) is 0 Å². The Morgan fingerprint density at radius 1 is 1.16 bits per heavy atom. The molecule has 13 heteroatoms. The van der Waals surface area contributed by atoms with Crippen molar-refractivity contribution in [3.05, 3.63) is 17.7 Å². The number of phenolic OH excluding ortho intramolecular Hbond substituents is 1. The Kier molecular flexibility index (Phi) is 5.70. The average Bonchev–Trinajstić information content (AvgIpc) is 2.64. The van der Waals surface area contributed by atoms with Crippen LogP contribution in [0.1, 0.15) is 38.2 Å². The van der Waals surface area contributed by atoms with Crippen LogP contribution in [-0.2, 0) is 16.2 Å². The molecule has 0 radical (unpaired) electrons. The van der Waals surface area contributed by atoms with Crippen molar-refractivity contribution in [1.29, 1.82) is 0 Å². The molecule has 3 rings (SSSR count). The van der Waals surface area contributed by atoms with Gasteiger partial charge in [-0.1, -0.05) is 0 Å². The molecule has 31 heavy (non-hydrogen) atoms. The van der Waals surface area contributed by atoms with Crippen LogP contribution in [0, 0.1) is 0 Å². The number of nitrogens with zero attached hydrogens (tertiary/aromatic N) is 2. The third-order valence-electron chi connectivity index (χ3n) is 5.70. The number of sulfonamides is 1. The number of rotatable bonds is 4. The molecular weight excluding hydrogens is 457 g/mol. The van der Waals surface area contributed by atoms with E-state index < -0.39 is 81.3 Å². The van der Waals surface area contributed by atoms with Gasteiger partial charge in [0.25, 0.3) is 5.92 Å². The Hall–Kier alpha value is -1.76. The van der Waals surface area contributed by atoms with E-state index in [1.165, 1.54) is 0 Å². The first kappa shape index (κ1) is 23.9. The van der Waals surface area contributed by atoms with Crippen molar-refractivity contribution in [2.75, 3.05) is 18.5 Å². The number of halogens is 7. The summed E-state index contributed by atoms with van der Waals surface area (Å²) in [4.78, 5) is 0.419. The summed E-state index contributed by atoms with van der Waals surface area (Å²) < 4.78 is 121. The maximum Gasteiger partial charge on any atom is 0.420 e. The number of alkyl halides is 7. The van der Waals surface area contributed by atoms with Crippen molar-refractivity contribution in [2.24, 2.45) is 0 Å². The van der Waals surface area contributed by atoms with Crippen LogP contribution >= 0.6 is 0 Å². The number of hydrogen-bond acceptors (Lipinski definition) is 4.